The Bertz CT molecular complexity index is 348. The van der Waals surface area contributed by atoms with E-state index in [1.165, 1.54) is 18.4 Å². The van der Waals surface area contributed by atoms with Crippen molar-refractivity contribution in [1.82, 2.24) is 0 Å². The molecular weight excluding hydrogens is 184 g/mol. The van der Waals surface area contributed by atoms with E-state index in [1.54, 1.807) is 0 Å². The molecule has 15 heavy (non-hydrogen) atoms. The van der Waals surface area contributed by atoms with Crippen molar-refractivity contribution in [2.75, 3.05) is 0 Å². The molecule has 0 heterocycles. The second kappa shape index (κ2) is 3.64. The zero-order chi connectivity index (χ0) is 11.1. The molecule has 1 heteroatoms. The Morgan fingerprint density at radius 1 is 1.27 bits per heavy atom. The Kier molecular flexibility index (Phi) is 2.59. The van der Waals surface area contributed by atoms with E-state index in [0.717, 1.165) is 5.56 Å². The summed E-state index contributed by atoms with van der Waals surface area (Å²) in [6.45, 7) is 6.33. The maximum absolute atomic E-state index is 10.6. The summed E-state index contributed by atoms with van der Waals surface area (Å²) in [5.41, 5.74) is 1.79. The highest BCUT2D eigenvalue weighted by Crippen LogP contribution is 2.47. The van der Waals surface area contributed by atoms with Gasteiger partial charge in [-0.05, 0) is 42.7 Å². The molecule has 0 bridgehead atoms. The predicted octanol–water partition coefficient (Wildman–Crippen LogP) is 3.43. The van der Waals surface area contributed by atoms with Crippen molar-refractivity contribution in [3.63, 3.8) is 0 Å². The Balaban J connectivity index is 2.42. The van der Waals surface area contributed by atoms with Crippen molar-refractivity contribution in [3.8, 4) is 0 Å². The molecular formula is C14H20O. The fourth-order valence-corrected chi connectivity index (χ4v) is 2.33. The van der Waals surface area contributed by atoms with Gasteiger partial charge >= 0.3 is 0 Å². The quantitative estimate of drug-likeness (QED) is 0.799. The first-order chi connectivity index (χ1) is 7.03. The van der Waals surface area contributed by atoms with Gasteiger partial charge in [-0.25, -0.2) is 0 Å². The molecule has 0 aromatic heterocycles. The first-order valence-electron chi connectivity index (χ1n) is 5.85. The van der Waals surface area contributed by atoms with E-state index >= 15 is 0 Å². The van der Waals surface area contributed by atoms with Crippen LogP contribution in [0.15, 0.2) is 24.3 Å². The molecule has 1 saturated carbocycles. The van der Waals surface area contributed by atoms with E-state index in [1.807, 2.05) is 13.0 Å². The summed E-state index contributed by atoms with van der Waals surface area (Å²) in [5, 5.41) is 10.6. The fraction of sp³-hybridized carbons (Fsp3) is 0.571. The number of rotatable bonds is 3. The summed E-state index contributed by atoms with van der Waals surface area (Å²) in [6, 6.07) is 8.30. The van der Waals surface area contributed by atoms with Gasteiger partial charge in [-0.3, -0.25) is 0 Å². The van der Waals surface area contributed by atoms with E-state index in [2.05, 4.69) is 32.0 Å². The van der Waals surface area contributed by atoms with Crippen molar-refractivity contribution >= 4 is 0 Å². The Labute approximate surface area is 92.1 Å². The van der Waals surface area contributed by atoms with Crippen LogP contribution < -0.4 is 0 Å². The van der Waals surface area contributed by atoms with Crippen LogP contribution in [-0.2, 0) is 5.60 Å². The van der Waals surface area contributed by atoms with E-state index in [9.17, 15) is 5.11 Å². The van der Waals surface area contributed by atoms with Crippen LogP contribution in [0.4, 0.5) is 0 Å². The lowest BCUT2D eigenvalue weighted by atomic mass is 9.84. The molecule has 0 aliphatic heterocycles. The molecule has 1 fully saturated rings. The third-order valence-electron chi connectivity index (χ3n) is 3.50. The van der Waals surface area contributed by atoms with E-state index in [-0.39, 0.29) is 0 Å². The van der Waals surface area contributed by atoms with Gasteiger partial charge in [0.15, 0.2) is 0 Å². The Morgan fingerprint density at radius 2 is 1.87 bits per heavy atom. The number of benzene rings is 1. The molecule has 0 radical (unpaired) electrons. The normalized spacial score (nSPS) is 20.3. The predicted molar refractivity (Wildman–Crippen MR) is 62.8 cm³/mol. The second-order valence-electron chi connectivity index (χ2n) is 5.16. The van der Waals surface area contributed by atoms with Crippen molar-refractivity contribution in [1.29, 1.82) is 0 Å². The van der Waals surface area contributed by atoms with Crippen LogP contribution in [0.25, 0.3) is 0 Å². The summed E-state index contributed by atoms with van der Waals surface area (Å²) in [4.78, 5) is 0. The number of aliphatic hydroxyl groups is 1. The standard InChI is InChI=1S/C14H20O/c1-10(2)12-6-4-5-7-13(12)14(3,15)11-8-9-11/h4-7,10-11,15H,8-9H2,1-3H3/t14-/m0/s1. The van der Waals surface area contributed by atoms with E-state index in [0.29, 0.717) is 11.8 Å². The van der Waals surface area contributed by atoms with Gasteiger partial charge in [0.2, 0.25) is 0 Å². The minimum atomic E-state index is -0.624. The van der Waals surface area contributed by atoms with E-state index < -0.39 is 5.60 Å². The zero-order valence-electron chi connectivity index (χ0n) is 9.83. The monoisotopic (exact) mass is 204 g/mol. The van der Waals surface area contributed by atoms with Crippen LogP contribution >= 0.6 is 0 Å². The molecule has 1 aromatic rings. The fourth-order valence-electron chi connectivity index (χ4n) is 2.33. The molecule has 1 aliphatic rings. The van der Waals surface area contributed by atoms with Crippen LogP contribution in [0.2, 0.25) is 0 Å². The second-order valence-corrected chi connectivity index (χ2v) is 5.16. The van der Waals surface area contributed by atoms with Gasteiger partial charge in [0, 0.05) is 0 Å². The van der Waals surface area contributed by atoms with Gasteiger partial charge in [-0.2, -0.15) is 0 Å². The third-order valence-corrected chi connectivity index (χ3v) is 3.50. The van der Waals surface area contributed by atoms with Crippen LogP contribution in [0.3, 0.4) is 0 Å². The molecule has 1 aromatic carbocycles. The van der Waals surface area contributed by atoms with Crippen molar-refractivity contribution in [2.45, 2.75) is 45.1 Å². The van der Waals surface area contributed by atoms with Crippen LogP contribution in [0.1, 0.15) is 50.7 Å². The topological polar surface area (TPSA) is 20.2 Å². The molecule has 0 saturated heterocycles. The van der Waals surface area contributed by atoms with Crippen molar-refractivity contribution in [2.24, 2.45) is 5.92 Å². The summed E-state index contributed by atoms with van der Waals surface area (Å²) in [6.07, 6.45) is 2.33. The summed E-state index contributed by atoms with van der Waals surface area (Å²) in [7, 11) is 0. The molecule has 1 N–H and O–H groups in total. The lowest BCUT2D eigenvalue weighted by Crippen LogP contribution is -2.25. The Hall–Kier alpha value is -0.820. The third kappa shape index (κ3) is 1.93. The van der Waals surface area contributed by atoms with Gasteiger partial charge in [0.05, 0.1) is 5.60 Å². The largest absolute Gasteiger partial charge is 0.385 e. The van der Waals surface area contributed by atoms with Crippen LogP contribution in [-0.4, -0.2) is 5.11 Å². The van der Waals surface area contributed by atoms with Crippen LogP contribution in [0, 0.1) is 5.92 Å². The van der Waals surface area contributed by atoms with Gasteiger partial charge in [0.1, 0.15) is 0 Å². The SMILES string of the molecule is CC(C)c1ccccc1[C@@](C)(O)C1CC1. The molecule has 2 rings (SSSR count). The lowest BCUT2D eigenvalue weighted by Gasteiger charge is -2.27. The minimum absolute atomic E-state index is 0.470. The van der Waals surface area contributed by atoms with Gasteiger partial charge < -0.3 is 5.11 Å². The molecule has 82 valence electrons. The molecule has 1 nitrogen and oxygen atoms in total. The molecule has 0 amide bonds. The molecule has 0 spiro atoms. The lowest BCUT2D eigenvalue weighted by molar-refractivity contribution is 0.0319. The summed E-state index contributed by atoms with van der Waals surface area (Å²) >= 11 is 0. The smallest absolute Gasteiger partial charge is 0.0899 e. The average Bonchev–Trinajstić information content (AvgIpc) is 3.01. The highest BCUT2D eigenvalue weighted by Gasteiger charge is 2.42. The Morgan fingerprint density at radius 3 is 2.40 bits per heavy atom. The maximum Gasteiger partial charge on any atom is 0.0899 e. The highest BCUT2D eigenvalue weighted by molar-refractivity contribution is 5.35. The van der Waals surface area contributed by atoms with Crippen molar-refractivity contribution in [3.05, 3.63) is 35.4 Å². The zero-order valence-corrected chi connectivity index (χ0v) is 9.83. The van der Waals surface area contributed by atoms with Crippen molar-refractivity contribution < 1.29 is 5.11 Å². The first-order valence-corrected chi connectivity index (χ1v) is 5.85. The van der Waals surface area contributed by atoms with Gasteiger partial charge in [-0.15, -0.1) is 0 Å². The molecule has 0 unspecified atom stereocenters. The first kappa shape index (κ1) is 10.7. The highest BCUT2D eigenvalue weighted by atomic mass is 16.3. The van der Waals surface area contributed by atoms with Gasteiger partial charge in [-0.1, -0.05) is 38.1 Å². The van der Waals surface area contributed by atoms with Crippen LogP contribution in [0.5, 0.6) is 0 Å². The summed E-state index contributed by atoms with van der Waals surface area (Å²) < 4.78 is 0. The molecule has 1 atom stereocenters. The summed E-state index contributed by atoms with van der Waals surface area (Å²) in [5.74, 6) is 0.948. The minimum Gasteiger partial charge on any atom is -0.385 e. The van der Waals surface area contributed by atoms with E-state index in [4.69, 9.17) is 0 Å². The van der Waals surface area contributed by atoms with Gasteiger partial charge in [0.25, 0.3) is 0 Å². The molecule has 1 aliphatic carbocycles. The number of hydrogen-bond acceptors (Lipinski definition) is 1. The number of hydrogen-bond donors (Lipinski definition) is 1. The average molecular weight is 204 g/mol. The maximum atomic E-state index is 10.6.